The summed E-state index contributed by atoms with van der Waals surface area (Å²) in [6.45, 7) is 1.62. The molecule has 3 rings (SSSR count). The van der Waals surface area contributed by atoms with E-state index in [2.05, 4.69) is 9.97 Å². The molecule has 0 saturated heterocycles. The molecule has 2 heterocycles. The molecule has 0 fully saturated rings. The normalized spacial score (nSPS) is 12.1. The van der Waals surface area contributed by atoms with Crippen LogP contribution < -0.4 is 5.56 Å². The predicted molar refractivity (Wildman–Crippen MR) is 99.8 cm³/mol. The third-order valence-corrected chi connectivity index (χ3v) is 5.00. The first-order valence-electron chi connectivity index (χ1n) is 7.91. The fourth-order valence-corrected chi connectivity index (χ4v) is 3.42. The Labute approximate surface area is 157 Å². The van der Waals surface area contributed by atoms with E-state index >= 15 is 0 Å². The minimum absolute atomic E-state index is 0.0318. The summed E-state index contributed by atoms with van der Waals surface area (Å²) in [5.74, 6) is -0.438. The van der Waals surface area contributed by atoms with Gasteiger partial charge in [0.15, 0.2) is 17.7 Å². The molecule has 8 heteroatoms. The number of hydrogen-bond donors (Lipinski definition) is 1. The van der Waals surface area contributed by atoms with Crippen molar-refractivity contribution in [3.8, 4) is 0 Å². The molecule has 0 aliphatic carbocycles. The summed E-state index contributed by atoms with van der Waals surface area (Å²) in [4.78, 5) is 43.5. The number of ketones is 1. The van der Waals surface area contributed by atoms with Gasteiger partial charge in [-0.1, -0.05) is 23.7 Å². The maximum atomic E-state index is 12.1. The molecule has 3 aromatic rings. The number of rotatable bonds is 6. The molecule has 2 aromatic heterocycles. The topological polar surface area (TPSA) is 89.1 Å². The number of halogens is 1. The molecule has 134 valence electrons. The lowest BCUT2D eigenvalue weighted by Crippen LogP contribution is -2.17. The predicted octanol–water partition coefficient (Wildman–Crippen LogP) is 3.91. The first kappa shape index (κ1) is 18.3. The van der Waals surface area contributed by atoms with Crippen molar-refractivity contribution < 1.29 is 14.3 Å². The molecule has 0 spiro atoms. The number of Topliss-reactive ketones (excluding diaryl/α,β-unsaturated/α-hetero) is 1. The minimum atomic E-state index is -0.730. The van der Waals surface area contributed by atoms with Crippen molar-refractivity contribution in [1.82, 2.24) is 9.97 Å². The maximum absolute atomic E-state index is 12.1. The van der Waals surface area contributed by atoms with Crippen LogP contribution in [-0.2, 0) is 9.53 Å². The van der Waals surface area contributed by atoms with E-state index in [9.17, 15) is 14.4 Å². The molecule has 26 heavy (non-hydrogen) atoms. The summed E-state index contributed by atoms with van der Waals surface area (Å²) < 4.78 is 5.81. The molecule has 0 bridgehead atoms. The van der Waals surface area contributed by atoms with Gasteiger partial charge in [0.1, 0.15) is 0 Å². The molecule has 0 amide bonds. The van der Waals surface area contributed by atoms with Crippen molar-refractivity contribution in [1.29, 1.82) is 0 Å². The van der Waals surface area contributed by atoms with Gasteiger partial charge in [0.2, 0.25) is 0 Å². The van der Waals surface area contributed by atoms with E-state index < -0.39 is 12.1 Å². The Morgan fingerprint density at radius 1 is 1.23 bits per heavy atom. The first-order chi connectivity index (χ1) is 12.4. The van der Waals surface area contributed by atoms with Crippen LogP contribution >= 0.6 is 22.9 Å². The molecular formula is C18H15ClN2O4S. The number of carbonyl (C=O) groups is 2. The number of esters is 1. The molecule has 1 N–H and O–H groups in total. The van der Waals surface area contributed by atoms with Crippen LogP contribution in [-0.4, -0.2) is 21.7 Å². The summed E-state index contributed by atoms with van der Waals surface area (Å²) in [5.41, 5.74) is 0.233. The SMILES string of the molecule is C[C@@H](OC(=O)CCC(=O)c1ccc(Cl)s1)c1nc2ccccc2c(=O)[nH]1. The largest absolute Gasteiger partial charge is 0.454 e. The van der Waals surface area contributed by atoms with Gasteiger partial charge in [-0.25, -0.2) is 4.98 Å². The molecule has 6 nitrogen and oxygen atoms in total. The Bertz CT molecular complexity index is 1030. The Kier molecular flexibility index (Phi) is 5.49. The average Bonchev–Trinajstić information content (AvgIpc) is 3.06. The van der Waals surface area contributed by atoms with Crippen LogP contribution in [0.25, 0.3) is 10.9 Å². The van der Waals surface area contributed by atoms with Crippen LogP contribution in [0.3, 0.4) is 0 Å². The molecule has 1 aromatic carbocycles. The van der Waals surface area contributed by atoms with Crippen LogP contribution in [0, 0.1) is 0 Å². The number of aromatic nitrogens is 2. The molecular weight excluding hydrogens is 376 g/mol. The monoisotopic (exact) mass is 390 g/mol. The summed E-state index contributed by atoms with van der Waals surface area (Å²) in [6, 6.07) is 10.2. The fraction of sp³-hybridized carbons (Fsp3) is 0.222. The van der Waals surface area contributed by atoms with Gasteiger partial charge < -0.3 is 9.72 Å². The minimum Gasteiger partial charge on any atom is -0.454 e. The number of hydrogen-bond acceptors (Lipinski definition) is 6. The maximum Gasteiger partial charge on any atom is 0.306 e. The van der Waals surface area contributed by atoms with Crippen LogP contribution in [0.2, 0.25) is 4.34 Å². The van der Waals surface area contributed by atoms with E-state index in [4.69, 9.17) is 16.3 Å². The molecule has 0 aliphatic rings. The van der Waals surface area contributed by atoms with Crippen molar-refractivity contribution in [2.24, 2.45) is 0 Å². The summed E-state index contributed by atoms with van der Waals surface area (Å²) in [6.07, 6.45) is -0.758. The van der Waals surface area contributed by atoms with Gasteiger partial charge in [0.05, 0.1) is 26.5 Å². The second kappa shape index (κ2) is 7.80. The standard InChI is InChI=1S/C18H15ClN2O4S/c1-10(17-20-12-5-3-2-4-11(12)18(24)21-17)25-16(23)9-6-13(22)14-7-8-15(19)26-14/h2-5,7-8,10H,6,9H2,1H3,(H,20,21,24)/t10-/m1/s1. The number of H-pyrrole nitrogens is 1. The average molecular weight is 391 g/mol. The van der Waals surface area contributed by atoms with E-state index in [1.165, 1.54) is 11.3 Å². The van der Waals surface area contributed by atoms with E-state index in [1.54, 1.807) is 43.3 Å². The van der Waals surface area contributed by atoms with Crippen molar-refractivity contribution in [3.63, 3.8) is 0 Å². The van der Waals surface area contributed by atoms with Gasteiger partial charge in [0, 0.05) is 6.42 Å². The number of carbonyl (C=O) groups excluding carboxylic acids is 2. The van der Waals surface area contributed by atoms with E-state index in [-0.39, 0.29) is 30.0 Å². The number of ether oxygens (including phenoxy) is 1. The van der Waals surface area contributed by atoms with Crippen LogP contribution in [0.4, 0.5) is 0 Å². The van der Waals surface area contributed by atoms with Gasteiger partial charge in [-0.3, -0.25) is 14.4 Å². The highest BCUT2D eigenvalue weighted by Gasteiger charge is 2.17. The second-order valence-electron chi connectivity index (χ2n) is 5.63. The number of nitrogens with one attached hydrogen (secondary N) is 1. The van der Waals surface area contributed by atoms with Gasteiger partial charge in [-0.2, -0.15) is 0 Å². The Morgan fingerprint density at radius 3 is 2.73 bits per heavy atom. The van der Waals surface area contributed by atoms with E-state index in [0.717, 1.165) is 0 Å². The van der Waals surface area contributed by atoms with Crippen LogP contribution in [0.5, 0.6) is 0 Å². The molecule has 1 atom stereocenters. The summed E-state index contributed by atoms with van der Waals surface area (Å²) >= 11 is 6.97. The molecule has 0 unspecified atom stereocenters. The summed E-state index contributed by atoms with van der Waals surface area (Å²) in [5, 5.41) is 0.468. The lowest BCUT2D eigenvalue weighted by atomic mass is 10.2. The number of fused-ring (bicyclic) bond motifs is 1. The Balaban J connectivity index is 1.62. The third kappa shape index (κ3) is 4.17. The molecule has 0 radical (unpaired) electrons. The smallest absolute Gasteiger partial charge is 0.306 e. The zero-order chi connectivity index (χ0) is 18.7. The summed E-state index contributed by atoms with van der Waals surface area (Å²) in [7, 11) is 0. The Hall–Kier alpha value is -2.51. The van der Waals surface area contributed by atoms with Crippen LogP contribution in [0.1, 0.15) is 41.4 Å². The number of nitrogens with zero attached hydrogens (tertiary/aromatic N) is 1. The Morgan fingerprint density at radius 2 is 2.00 bits per heavy atom. The third-order valence-electron chi connectivity index (χ3n) is 3.73. The number of aromatic amines is 1. The second-order valence-corrected chi connectivity index (χ2v) is 7.34. The highest BCUT2D eigenvalue weighted by atomic mass is 35.5. The molecule has 0 aliphatic heterocycles. The van der Waals surface area contributed by atoms with Crippen molar-refractivity contribution in [2.75, 3.05) is 0 Å². The van der Waals surface area contributed by atoms with Crippen molar-refractivity contribution >= 4 is 45.6 Å². The van der Waals surface area contributed by atoms with Crippen molar-refractivity contribution in [2.45, 2.75) is 25.9 Å². The van der Waals surface area contributed by atoms with E-state index in [1.807, 2.05) is 0 Å². The zero-order valence-corrected chi connectivity index (χ0v) is 15.4. The van der Waals surface area contributed by atoms with Gasteiger partial charge in [0.25, 0.3) is 5.56 Å². The van der Waals surface area contributed by atoms with Gasteiger partial charge >= 0.3 is 5.97 Å². The van der Waals surface area contributed by atoms with Crippen LogP contribution in [0.15, 0.2) is 41.2 Å². The van der Waals surface area contributed by atoms with Crippen molar-refractivity contribution in [3.05, 3.63) is 61.8 Å². The highest BCUT2D eigenvalue weighted by molar-refractivity contribution is 7.18. The van der Waals surface area contributed by atoms with Gasteiger partial charge in [-0.05, 0) is 31.2 Å². The van der Waals surface area contributed by atoms with E-state index in [0.29, 0.717) is 20.1 Å². The number of para-hydroxylation sites is 1. The molecule has 0 saturated carbocycles. The first-order valence-corrected chi connectivity index (χ1v) is 9.10. The highest BCUT2D eigenvalue weighted by Crippen LogP contribution is 2.23. The fourth-order valence-electron chi connectivity index (χ4n) is 2.41. The lowest BCUT2D eigenvalue weighted by molar-refractivity contribution is -0.148. The number of thiophene rings is 1. The van der Waals surface area contributed by atoms with Gasteiger partial charge in [-0.15, -0.1) is 11.3 Å². The zero-order valence-electron chi connectivity index (χ0n) is 13.8. The lowest BCUT2D eigenvalue weighted by Gasteiger charge is -2.12. The number of benzene rings is 1. The quantitative estimate of drug-likeness (QED) is 0.509.